The molecule has 0 amide bonds. The first-order valence-electron chi connectivity index (χ1n) is 4.59. The number of nitrogens with zero attached hydrogens (tertiary/aromatic N) is 1. The van der Waals surface area contributed by atoms with Crippen molar-refractivity contribution in [1.82, 2.24) is 4.31 Å². The Kier molecular flexibility index (Phi) is 5.51. The Balaban J connectivity index is 4.12. The molecule has 0 heterocycles. The average Bonchev–Trinajstić information content (AvgIpc) is 1.99. The van der Waals surface area contributed by atoms with Gasteiger partial charge in [-0.1, -0.05) is 13.3 Å². The molecule has 0 aromatic rings. The predicted molar refractivity (Wildman–Crippen MR) is 55.0 cm³/mol. The molecule has 0 saturated heterocycles. The van der Waals surface area contributed by atoms with E-state index >= 15 is 0 Å². The van der Waals surface area contributed by atoms with Crippen molar-refractivity contribution in [2.24, 2.45) is 5.73 Å². The summed E-state index contributed by atoms with van der Waals surface area (Å²) < 4.78 is 24.3. The molecule has 0 saturated carbocycles. The van der Waals surface area contributed by atoms with Crippen LogP contribution in [0, 0.1) is 0 Å². The second-order valence-electron chi connectivity index (χ2n) is 3.43. The molecule has 0 spiro atoms. The Bertz CT molecular complexity index is 224. The van der Waals surface area contributed by atoms with Gasteiger partial charge in [0.1, 0.15) is 0 Å². The monoisotopic (exact) mass is 208 g/mol. The summed E-state index contributed by atoms with van der Waals surface area (Å²) >= 11 is 0. The van der Waals surface area contributed by atoms with Crippen molar-refractivity contribution in [3.05, 3.63) is 0 Å². The minimum atomic E-state index is -3.06. The largest absolute Gasteiger partial charge is 0.327 e. The minimum absolute atomic E-state index is 0.110. The topological polar surface area (TPSA) is 63.4 Å². The highest BCUT2D eigenvalue weighted by Crippen LogP contribution is 2.02. The fourth-order valence-corrected chi connectivity index (χ4v) is 2.43. The molecule has 0 aromatic carbocycles. The summed E-state index contributed by atoms with van der Waals surface area (Å²) in [5.41, 5.74) is 5.51. The van der Waals surface area contributed by atoms with Crippen LogP contribution in [0.4, 0.5) is 0 Å². The molecule has 4 nitrogen and oxygen atoms in total. The smallest absolute Gasteiger partial charge is 0.213 e. The maximum Gasteiger partial charge on any atom is 0.213 e. The Morgan fingerprint density at radius 2 is 2.00 bits per heavy atom. The van der Waals surface area contributed by atoms with E-state index in [9.17, 15) is 8.42 Å². The van der Waals surface area contributed by atoms with Gasteiger partial charge in [-0.3, -0.25) is 0 Å². The molecular weight excluding hydrogens is 188 g/mol. The van der Waals surface area contributed by atoms with Gasteiger partial charge in [-0.25, -0.2) is 12.7 Å². The molecule has 0 rings (SSSR count). The lowest BCUT2D eigenvalue weighted by molar-refractivity contribution is 0.444. The number of nitrogens with two attached hydrogens (primary N) is 1. The number of hydrogen-bond acceptors (Lipinski definition) is 3. The second kappa shape index (κ2) is 5.57. The lowest BCUT2D eigenvalue weighted by Crippen LogP contribution is -2.38. The molecule has 13 heavy (non-hydrogen) atoms. The number of unbranched alkanes of at least 4 members (excludes halogenated alkanes) is 1. The van der Waals surface area contributed by atoms with Crippen molar-refractivity contribution in [2.45, 2.75) is 32.7 Å². The Morgan fingerprint density at radius 3 is 2.38 bits per heavy atom. The summed E-state index contributed by atoms with van der Waals surface area (Å²) in [5.74, 6) is 0.229. The van der Waals surface area contributed by atoms with E-state index in [0.29, 0.717) is 13.0 Å². The van der Waals surface area contributed by atoms with Crippen LogP contribution in [0.1, 0.15) is 26.7 Å². The predicted octanol–water partition coefficient (Wildman–Crippen LogP) is 0.395. The van der Waals surface area contributed by atoms with Gasteiger partial charge < -0.3 is 5.73 Å². The van der Waals surface area contributed by atoms with E-state index in [1.165, 1.54) is 4.31 Å². The zero-order valence-electron chi connectivity index (χ0n) is 8.66. The molecular formula is C8H20N2O2S. The summed E-state index contributed by atoms with van der Waals surface area (Å²) in [6.07, 6.45) is 1.61. The van der Waals surface area contributed by atoms with Crippen LogP contribution in [0.5, 0.6) is 0 Å². The van der Waals surface area contributed by atoms with Crippen LogP contribution in [0.25, 0.3) is 0 Å². The molecule has 80 valence electrons. The molecule has 2 N–H and O–H groups in total. The first-order valence-corrected chi connectivity index (χ1v) is 6.20. The maximum absolute atomic E-state index is 11.5. The lowest BCUT2D eigenvalue weighted by Gasteiger charge is -2.18. The van der Waals surface area contributed by atoms with Gasteiger partial charge in [0.25, 0.3) is 0 Å². The lowest BCUT2D eigenvalue weighted by atomic mass is 10.4. The normalized spacial score (nSPS) is 14.8. The number of likely N-dealkylation sites (N-methyl/N-ethyl adjacent to an activating group) is 1. The van der Waals surface area contributed by atoms with Gasteiger partial charge in [0, 0.05) is 19.6 Å². The van der Waals surface area contributed by atoms with E-state index in [1.54, 1.807) is 14.0 Å². The van der Waals surface area contributed by atoms with E-state index in [2.05, 4.69) is 0 Å². The highest BCUT2D eigenvalue weighted by molar-refractivity contribution is 7.89. The molecule has 0 aliphatic carbocycles. The second-order valence-corrected chi connectivity index (χ2v) is 5.62. The van der Waals surface area contributed by atoms with Gasteiger partial charge in [0.2, 0.25) is 10.0 Å². The van der Waals surface area contributed by atoms with Crippen LogP contribution in [0.2, 0.25) is 0 Å². The summed E-state index contributed by atoms with van der Waals surface area (Å²) in [6.45, 7) is 4.17. The summed E-state index contributed by atoms with van der Waals surface area (Å²) in [7, 11) is -1.49. The van der Waals surface area contributed by atoms with Crippen LogP contribution < -0.4 is 5.73 Å². The third-order valence-corrected chi connectivity index (χ3v) is 3.68. The quantitative estimate of drug-likeness (QED) is 0.687. The van der Waals surface area contributed by atoms with E-state index in [-0.39, 0.29) is 11.8 Å². The molecule has 1 unspecified atom stereocenters. The maximum atomic E-state index is 11.5. The third-order valence-electron chi connectivity index (χ3n) is 1.78. The zero-order chi connectivity index (χ0) is 10.5. The highest BCUT2D eigenvalue weighted by atomic mass is 32.2. The van der Waals surface area contributed by atoms with Crippen molar-refractivity contribution in [2.75, 3.05) is 19.3 Å². The van der Waals surface area contributed by atoms with Crippen molar-refractivity contribution in [3.8, 4) is 0 Å². The fourth-order valence-electron chi connectivity index (χ4n) is 1.00. The van der Waals surface area contributed by atoms with Gasteiger partial charge in [-0.2, -0.15) is 0 Å². The van der Waals surface area contributed by atoms with Crippen molar-refractivity contribution < 1.29 is 8.42 Å². The van der Waals surface area contributed by atoms with E-state index in [1.807, 2.05) is 6.92 Å². The minimum Gasteiger partial charge on any atom is -0.327 e. The molecule has 0 aliphatic rings. The van der Waals surface area contributed by atoms with E-state index < -0.39 is 10.0 Å². The zero-order valence-corrected chi connectivity index (χ0v) is 9.47. The molecule has 0 aliphatic heterocycles. The molecule has 0 radical (unpaired) electrons. The molecule has 5 heteroatoms. The van der Waals surface area contributed by atoms with E-state index in [4.69, 9.17) is 5.73 Å². The standard InChI is InChI=1S/C8H20N2O2S/c1-4-5-6-13(11,12)10(3)7-8(2)9/h8H,4-7,9H2,1-3H3. The first-order chi connectivity index (χ1) is 5.90. The van der Waals surface area contributed by atoms with Gasteiger partial charge in [-0.05, 0) is 13.3 Å². The number of sulfonamides is 1. The molecule has 0 aromatic heterocycles. The SMILES string of the molecule is CCCCS(=O)(=O)N(C)CC(C)N. The van der Waals surface area contributed by atoms with Gasteiger partial charge in [-0.15, -0.1) is 0 Å². The first kappa shape index (κ1) is 12.9. The number of hydrogen-bond donors (Lipinski definition) is 1. The van der Waals surface area contributed by atoms with Crippen LogP contribution >= 0.6 is 0 Å². The van der Waals surface area contributed by atoms with Gasteiger partial charge in [0.15, 0.2) is 0 Å². The Labute approximate surface area is 81.2 Å². The Morgan fingerprint density at radius 1 is 1.46 bits per heavy atom. The van der Waals surface area contributed by atoms with Crippen LogP contribution in [-0.4, -0.2) is 38.1 Å². The van der Waals surface area contributed by atoms with Crippen LogP contribution in [0.3, 0.4) is 0 Å². The average molecular weight is 208 g/mol. The third kappa shape index (κ3) is 5.23. The van der Waals surface area contributed by atoms with Crippen molar-refractivity contribution >= 4 is 10.0 Å². The summed E-state index contributed by atoms with van der Waals surface area (Å²) in [5, 5.41) is 0. The van der Waals surface area contributed by atoms with Gasteiger partial charge in [0.05, 0.1) is 5.75 Å². The van der Waals surface area contributed by atoms with Crippen LogP contribution in [-0.2, 0) is 10.0 Å². The van der Waals surface area contributed by atoms with Crippen molar-refractivity contribution in [3.63, 3.8) is 0 Å². The molecule has 1 atom stereocenters. The summed E-state index contributed by atoms with van der Waals surface area (Å²) in [6, 6.07) is -0.110. The van der Waals surface area contributed by atoms with Crippen LogP contribution in [0.15, 0.2) is 0 Å². The van der Waals surface area contributed by atoms with E-state index in [0.717, 1.165) is 6.42 Å². The Hall–Kier alpha value is -0.130. The molecule has 0 fully saturated rings. The van der Waals surface area contributed by atoms with Gasteiger partial charge >= 0.3 is 0 Å². The summed E-state index contributed by atoms with van der Waals surface area (Å²) in [4.78, 5) is 0. The van der Waals surface area contributed by atoms with Crippen molar-refractivity contribution in [1.29, 1.82) is 0 Å². The number of rotatable bonds is 6. The molecule has 0 bridgehead atoms. The highest BCUT2D eigenvalue weighted by Gasteiger charge is 2.17. The fraction of sp³-hybridized carbons (Fsp3) is 1.00.